The van der Waals surface area contributed by atoms with Crippen LogP contribution in [0.3, 0.4) is 0 Å². The Labute approximate surface area is 78.0 Å². The molecule has 1 unspecified atom stereocenters. The van der Waals surface area contributed by atoms with E-state index in [1.165, 1.54) is 0 Å². The highest BCUT2D eigenvalue weighted by Crippen LogP contribution is 2.27. The predicted molar refractivity (Wildman–Crippen MR) is 41.6 cm³/mol. The van der Waals surface area contributed by atoms with Gasteiger partial charge in [-0.3, -0.25) is 0 Å². The minimum atomic E-state index is -1.60. The van der Waals surface area contributed by atoms with Crippen LogP contribution in [0.2, 0.25) is 0 Å². The number of aliphatic hydroxyl groups is 1. The molecule has 1 aromatic carbocycles. The van der Waals surface area contributed by atoms with Crippen LogP contribution in [0.25, 0.3) is 0 Å². The lowest BCUT2D eigenvalue weighted by molar-refractivity contribution is 0.184. The Balaban J connectivity index is 3.60. The molecule has 0 saturated carbocycles. The van der Waals surface area contributed by atoms with Gasteiger partial charge >= 0.3 is 0 Å². The third-order valence-electron chi connectivity index (χ3n) is 1.93. The topological polar surface area (TPSA) is 20.2 Å². The third-order valence-corrected chi connectivity index (χ3v) is 1.93. The number of rotatable bonds is 1. The Hall–Kier alpha value is -1.10. The van der Waals surface area contributed by atoms with Crippen molar-refractivity contribution in [3.63, 3.8) is 0 Å². The van der Waals surface area contributed by atoms with Gasteiger partial charge in [0.1, 0.15) is 0 Å². The zero-order valence-corrected chi connectivity index (χ0v) is 7.54. The van der Waals surface area contributed by atoms with E-state index in [0.29, 0.717) is 0 Å². The number of halogens is 4. The molecule has 5 heteroatoms. The summed E-state index contributed by atoms with van der Waals surface area (Å²) < 4.78 is 51.8. The monoisotopic (exact) mass is 208 g/mol. The second-order valence-corrected chi connectivity index (χ2v) is 2.97. The van der Waals surface area contributed by atoms with Crippen LogP contribution < -0.4 is 0 Å². The first kappa shape index (κ1) is 11.0. The van der Waals surface area contributed by atoms with Crippen molar-refractivity contribution in [1.82, 2.24) is 0 Å². The molecule has 1 aromatic rings. The quantitative estimate of drug-likeness (QED) is 0.555. The first-order valence-corrected chi connectivity index (χ1v) is 3.88. The van der Waals surface area contributed by atoms with E-state index < -0.39 is 40.5 Å². The van der Waals surface area contributed by atoms with Crippen molar-refractivity contribution >= 4 is 0 Å². The van der Waals surface area contributed by atoms with Crippen LogP contribution in [0.4, 0.5) is 17.6 Å². The highest BCUT2D eigenvalue weighted by atomic mass is 19.2. The molecule has 0 fully saturated rings. The molecule has 0 spiro atoms. The first-order valence-electron chi connectivity index (χ1n) is 3.88. The first-order chi connectivity index (χ1) is 6.37. The summed E-state index contributed by atoms with van der Waals surface area (Å²) in [6.07, 6.45) is -1.60. The van der Waals surface area contributed by atoms with Gasteiger partial charge in [-0.25, -0.2) is 17.6 Å². The van der Waals surface area contributed by atoms with E-state index in [4.69, 9.17) is 5.11 Å². The SMILES string of the molecule is Cc1c(F)c(F)c(C(C)O)c(F)c1F. The average Bonchev–Trinajstić information content (AvgIpc) is 2.11. The largest absolute Gasteiger partial charge is 0.388 e. The fourth-order valence-electron chi connectivity index (χ4n) is 1.13. The third kappa shape index (κ3) is 1.48. The Bertz CT molecular complexity index is 345. The Morgan fingerprint density at radius 1 is 0.929 bits per heavy atom. The summed E-state index contributed by atoms with van der Waals surface area (Å²) in [5, 5.41) is 8.91. The fraction of sp³-hybridized carbons (Fsp3) is 0.333. The molecule has 1 atom stereocenters. The van der Waals surface area contributed by atoms with Gasteiger partial charge < -0.3 is 5.11 Å². The Kier molecular flexibility index (Phi) is 2.80. The minimum absolute atomic E-state index is 0.732. The van der Waals surface area contributed by atoms with E-state index in [2.05, 4.69) is 0 Å². The van der Waals surface area contributed by atoms with Crippen LogP contribution in [0.15, 0.2) is 0 Å². The van der Waals surface area contributed by atoms with Crippen LogP contribution in [-0.2, 0) is 0 Å². The van der Waals surface area contributed by atoms with E-state index in [9.17, 15) is 17.6 Å². The van der Waals surface area contributed by atoms with Crippen LogP contribution in [-0.4, -0.2) is 5.11 Å². The molecule has 0 aliphatic carbocycles. The van der Waals surface area contributed by atoms with Gasteiger partial charge in [-0.2, -0.15) is 0 Å². The summed E-state index contributed by atoms with van der Waals surface area (Å²) in [7, 11) is 0. The van der Waals surface area contributed by atoms with Gasteiger partial charge in [0.05, 0.1) is 11.7 Å². The average molecular weight is 208 g/mol. The molecule has 1 nitrogen and oxygen atoms in total. The van der Waals surface area contributed by atoms with Crippen LogP contribution in [0.5, 0.6) is 0 Å². The standard InChI is InChI=1S/C9H8F4O/c1-3-6(10)8(12)5(4(2)14)9(13)7(3)11/h4,14H,1-2H3. The zero-order valence-electron chi connectivity index (χ0n) is 7.54. The lowest BCUT2D eigenvalue weighted by atomic mass is 10.1. The van der Waals surface area contributed by atoms with Crippen molar-refractivity contribution in [2.24, 2.45) is 0 Å². The molecule has 1 N–H and O–H groups in total. The summed E-state index contributed by atoms with van der Waals surface area (Å²) in [5.41, 5.74) is -1.71. The molecule has 0 bridgehead atoms. The summed E-state index contributed by atoms with van der Waals surface area (Å²) in [5.74, 6) is -6.03. The van der Waals surface area contributed by atoms with E-state index in [1.54, 1.807) is 0 Å². The summed E-state index contributed by atoms with van der Waals surface area (Å²) >= 11 is 0. The maximum atomic E-state index is 13.0. The van der Waals surface area contributed by atoms with Gasteiger partial charge in [-0.15, -0.1) is 0 Å². The van der Waals surface area contributed by atoms with Gasteiger partial charge in [0.15, 0.2) is 23.3 Å². The molecule has 0 aliphatic rings. The van der Waals surface area contributed by atoms with Crippen molar-refractivity contribution < 1.29 is 22.7 Å². The minimum Gasteiger partial charge on any atom is -0.388 e. The van der Waals surface area contributed by atoms with Crippen molar-refractivity contribution in [2.45, 2.75) is 20.0 Å². The molecule has 1 rings (SSSR count). The second kappa shape index (κ2) is 3.57. The molecule has 0 saturated heterocycles. The van der Waals surface area contributed by atoms with E-state index in [-0.39, 0.29) is 0 Å². The predicted octanol–water partition coefficient (Wildman–Crippen LogP) is 2.60. The molecular weight excluding hydrogens is 200 g/mol. The van der Waals surface area contributed by atoms with Crippen molar-refractivity contribution in [2.75, 3.05) is 0 Å². The zero-order chi connectivity index (χ0) is 11.0. The molecule has 0 amide bonds. The molecule has 0 radical (unpaired) electrons. The molecule has 0 heterocycles. The van der Waals surface area contributed by atoms with Gasteiger partial charge in [0, 0.05) is 5.56 Å². The summed E-state index contributed by atoms with van der Waals surface area (Å²) in [4.78, 5) is 0. The lowest BCUT2D eigenvalue weighted by Crippen LogP contribution is -2.08. The van der Waals surface area contributed by atoms with Crippen LogP contribution >= 0.6 is 0 Å². The molecule has 14 heavy (non-hydrogen) atoms. The van der Waals surface area contributed by atoms with Crippen molar-refractivity contribution in [3.8, 4) is 0 Å². The van der Waals surface area contributed by atoms with Crippen LogP contribution in [0.1, 0.15) is 24.2 Å². The maximum absolute atomic E-state index is 13.0. The van der Waals surface area contributed by atoms with Gasteiger partial charge in [-0.1, -0.05) is 0 Å². The normalized spacial score (nSPS) is 13.1. The number of benzene rings is 1. The van der Waals surface area contributed by atoms with E-state index >= 15 is 0 Å². The lowest BCUT2D eigenvalue weighted by Gasteiger charge is -2.11. The van der Waals surface area contributed by atoms with Gasteiger partial charge in [0.25, 0.3) is 0 Å². The van der Waals surface area contributed by atoms with Gasteiger partial charge in [0.2, 0.25) is 0 Å². The Morgan fingerprint density at radius 2 is 1.29 bits per heavy atom. The molecule has 0 aliphatic heterocycles. The molecule has 78 valence electrons. The highest BCUT2D eigenvalue weighted by Gasteiger charge is 2.25. The number of hydrogen-bond donors (Lipinski definition) is 1. The summed E-state index contributed by atoms with van der Waals surface area (Å²) in [6.45, 7) is 1.94. The van der Waals surface area contributed by atoms with Gasteiger partial charge in [-0.05, 0) is 13.8 Å². The molecular formula is C9H8F4O. The molecule has 0 aromatic heterocycles. The van der Waals surface area contributed by atoms with Crippen molar-refractivity contribution in [3.05, 3.63) is 34.4 Å². The second-order valence-electron chi connectivity index (χ2n) is 2.97. The van der Waals surface area contributed by atoms with E-state index in [0.717, 1.165) is 13.8 Å². The van der Waals surface area contributed by atoms with E-state index in [1.807, 2.05) is 0 Å². The number of aliphatic hydroxyl groups excluding tert-OH is 1. The smallest absolute Gasteiger partial charge is 0.168 e. The number of hydrogen-bond acceptors (Lipinski definition) is 1. The highest BCUT2D eigenvalue weighted by molar-refractivity contribution is 5.30. The van der Waals surface area contributed by atoms with Crippen LogP contribution in [0, 0.1) is 30.2 Å². The summed E-state index contributed by atoms with van der Waals surface area (Å²) in [6, 6.07) is 0. The fourth-order valence-corrected chi connectivity index (χ4v) is 1.13. The Morgan fingerprint density at radius 3 is 1.57 bits per heavy atom. The maximum Gasteiger partial charge on any atom is 0.168 e. The van der Waals surface area contributed by atoms with Crippen molar-refractivity contribution in [1.29, 1.82) is 0 Å².